The Balaban J connectivity index is 2.10. The fraction of sp³-hybridized carbons (Fsp3) is 0.600. The van der Waals surface area contributed by atoms with Crippen LogP contribution in [0.15, 0.2) is 12.7 Å². The van der Waals surface area contributed by atoms with E-state index in [0.717, 1.165) is 0 Å². The van der Waals surface area contributed by atoms with Crippen LogP contribution in [0.4, 0.5) is 0 Å². The number of hydrogen-bond acceptors (Lipinski definition) is 4. The van der Waals surface area contributed by atoms with E-state index < -0.39 is 5.54 Å². The summed E-state index contributed by atoms with van der Waals surface area (Å²) < 4.78 is 1.45. The number of carbonyl (C=O) groups excluding carboxylic acids is 2. The van der Waals surface area contributed by atoms with Crippen LogP contribution in [0.25, 0.3) is 0 Å². The lowest BCUT2D eigenvalue weighted by Gasteiger charge is -2.41. The number of nitrogens with zero attached hydrogens (tertiary/aromatic N) is 4. The Kier molecular flexibility index (Phi) is 2.83. The number of amides is 2. The first-order valence-electron chi connectivity index (χ1n) is 5.43. The number of nitrogens with one attached hydrogen (secondary N) is 1. The van der Waals surface area contributed by atoms with Crippen LogP contribution in [0.2, 0.25) is 0 Å². The van der Waals surface area contributed by atoms with Crippen molar-refractivity contribution in [3.63, 3.8) is 0 Å². The smallest absolute Gasteiger partial charge is 0.245 e. The highest BCUT2D eigenvalue weighted by Crippen LogP contribution is 2.17. The maximum Gasteiger partial charge on any atom is 0.245 e. The molecule has 92 valence electrons. The van der Waals surface area contributed by atoms with E-state index in [1.54, 1.807) is 18.7 Å². The quantitative estimate of drug-likeness (QED) is 0.716. The van der Waals surface area contributed by atoms with Gasteiger partial charge in [-0.2, -0.15) is 5.10 Å². The number of rotatable bonds is 2. The average molecular weight is 237 g/mol. The lowest BCUT2D eigenvalue weighted by atomic mass is 9.99. The molecular weight excluding hydrogens is 222 g/mol. The first-order chi connectivity index (χ1) is 8.01. The van der Waals surface area contributed by atoms with Crippen LogP contribution in [-0.4, -0.2) is 50.1 Å². The van der Waals surface area contributed by atoms with Crippen molar-refractivity contribution in [2.75, 3.05) is 13.1 Å². The molecule has 0 spiro atoms. The first kappa shape index (κ1) is 11.6. The molecule has 0 bridgehead atoms. The third-order valence-electron chi connectivity index (χ3n) is 2.92. The summed E-state index contributed by atoms with van der Waals surface area (Å²) in [5.41, 5.74) is -0.810. The Morgan fingerprint density at radius 2 is 2.35 bits per heavy atom. The summed E-state index contributed by atoms with van der Waals surface area (Å²) in [4.78, 5) is 29.1. The molecule has 1 saturated heterocycles. The van der Waals surface area contributed by atoms with Crippen molar-refractivity contribution >= 4 is 11.8 Å². The summed E-state index contributed by atoms with van der Waals surface area (Å²) in [6.45, 7) is 4.59. The van der Waals surface area contributed by atoms with Crippen molar-refractivity contribution in [3.05, 3.63) is 12.7 Å². The van der Waals surface area contributed by atoms with Crippen LogP contribution >= 0.6 is 0 Å². The van der Waals surface area contributed by atoms with Crippen molar-refractivity contribution in [1.82, 2.24) is 25.0 Å². The Morgan fingerprint density at radius 1 is 1.59 bits per heavy atom. The second-order valence-electron chi connectivity index (χ2n) is 4.45. The highest BCUT2D eigenvalue weighted by atomic mass is 16.2. The van der Waals surface area contributed by atoms with Crippen LogP contribution in [0.1, 0.15) is 13.8 Å². The molecule has 0 atom stereocenters. The molecule has 2 amide bonds. The van der Waals surface area contributed by atoms with Crippen LogP contribution in [0.3, 0.4) is 0 Å². The van der Waals surface area contributed by atoms with E-state index in [1.807, 2.05) is 0 Å². The van der Waals surface area contributed by atoms with Gasteiger partial charge in [-0.05, 0) is 13.8 Å². The van der Waals surface area contributed by atoms with Gasteiger partial charge in [-0.1, -0.05) is 0 Å². The van der Waals surface area contributed by atoms with Crippen LogP contribution in [-0.2, 0) is 16.1 Å². The number of hydrogen-bond donors (Lipinski definition) is 1. The van der Waals surface area contributed by atoms with Gasteiger partial charge in [-0.15, -0.1) is 0 Å². The molecule has 2 rings (SSSR count). The minimum absolute atomic E-state index is 0.108. The van der Waals surface area contributed by atoms with Crippen molar-refractivity contribution < 1.29 is 9.59 Å². The highest BCUT2D eigenvalue weighted by Gasteiger charge is 2.40. The molecule has 0 aliphatic carbocycles. The summed E-state index contributed by atoms with van der Waals surface area (Å²) in [5, 5.41) is 6.62. The molecule has 7 heteroatoms. The van der Waals surface area contributed by atoms with Gasteiger partial charge in [0, 0.05) is 13.1 Å². The van der Waals surface area contributed by atoms with Gasteiger partial charge < -0.3 is 10.2 Å². The predicted octanol–water partition coefficient (Wildman–Crippen LogP) is -0.985. The lowest BCUT2D eigenvalue weighted by molar-refractivity contribution is -0.149. The van der Waals surface area contributed by atoms with Crippen molar-refractivity contribution in [2.45, 2.75) is 25.9 Å². The Labute approximate surface area is 98.8 Å². The molecule has 17 heavy (non-hydrogen) atoms. The molecule has 7 nitrogen and oxygen atoms in total. The average Bonchev–Trinajstić information content (AvgIpc) is 2.74. The molecule has 0 aromatic carbocycles. The zero-order valence-corrected chi connectivity index (χ0v) is 9.88. The Hall–Kier alpha value is -1.92. The van der Waals surface area contributed by atoms with E-state index in [-0.39, 0.29) is 18.4 Å². The molecule has 0 saturated carbocycles. The molecule has 1 fully saturated rings. The van der Waals surface area contributed by atoms with E-state index in [9.17, 15) is 9.59 Å². The molecule has 0 unspecified atom stereocenters. The van der Waals surface area contributed by atoms with E-state index in [1.165, 1.54) is 17.3 Å². The second kappa shape index (κ2) is 4.15. The number of carbonyl (C=O) groups is 2. The van der Waals surface area contributed by atoms with Crippen LogP contribution < -0.4 is 5.32 Å². The van der Waals surface area contributed by atoms with Gasteiger partial charge in [-0.25, -0.2) is 9.67 Å². The summed E-state index contributed by atoms with van der Waals surface area (Å²) in [6, 6.07) is 0. The van der Waals surface area contributed by atoms with E-state index in [0.29, 0.717) is 13.1 Å². The van der Waals surface area contributed by atoms with Gasteiger partial charge in [0.15, 0.2) is 0 Å². The van der Waals surface area contributed by atoms with Gasteiger partial charge in [0.2, 0.25) is 11.8 Å². The normalized spacial score (nSPS) is 18.9. The third kappa shape index (κ3) is 2.13. The van der Waals surface area contributed by atoms with Crippen molar-refractivity contribution in [1.29, 1.82) is 0 Å². The van der Waals surface area contributed by atoms with Gasteiger partial charge in [0.25, 0.3) is 0 Å². The maximum absolute atomic E-state index is 12.1. The minimum atomic E-state index is -0.810. The molecule has 1 N–H and O–H groups in total. The molecule has 1 aromatic rings. The SMILES string of the molecule is CC1(C)C(=O)NCCN1C(=O)Cn1cncn1. The zero-order valence-electron chi connectivity index (χ0n) is 9.88. The Morgan fingerprint density at radius 3 is 3.00 bits per heavy atom. The van der Waals surface area contributed by atoms with Crippen LogP contribution in [0, 0.1) is 0 Å². The fourth-order valence-electron chi connectivity index (χ4n) is 1.87. The first-order valence-corrected chi connectivity index (χ1v) is 5.43. The standard InChI is InChI=1S/C10H15N5O2/c1-10(2)9(17)12-3-4-15(10)8(16)5-14-7-11-6-13-14/h6-7H,3-5H2,1-2H3,(H,12,17). The molecule has 1 aliphatic rings. The van der Waals surface area contributed by atoms with Crippen molar-refractivity contribution in [2.24, 2.45) is 0 Å². The van der Waals surface area contributed by atoms with Crippen molar-refractivity contribution in [3.8, 4) is 0 Å². The number of piperazine rings is 1. The topological polar surface area (TPSA) is 80.1 Å². The molecule has 1 aliphatic heterocycles. The molecule has 1 aromatic heterocycles. The molecule has 0 radical (unpaired) electrons. The third-order valence-corrected chi connectivity index (χ3v) is 2.92. The molecule has 2 heterocycles. The predicted molar refractivity (Wildman–Crippen MR) is 58.8 cm³/mol. The van der Waals surface area contributed by atoms with Gasteiger partial charge in [0.1, 0.15) is 24.7 Å². The highest BCUT2D eigenvalue weighted by molar-refractivity contribution is 5.91. The minimum Gasteiger partial charge on any atom is -0.352 e. The summed E-state index contributed by atoms with van der Waals surface area (Å²) in [7, 11) is 0. The monoisotopic (exact) mass is 237 g/mol. The summed E-state index contributed by atoms with van der Waals surface area (Å²) in [6.07, 6.45) is 2.86. The van der Waals surface area contributed by atoms with Crippen LogP contribution in [0.5, 0.6) is 0 Å². The summed E-state index contributed by atoms with van der Waals surface area (Å²) >= 11 is 0. The number of aromatic nitrogens is 3. The Bertz CT molecular complexity index is 426. The molecular formula is C10H15N5O2. The van der Waals surface area contributed by atoms with Gasteiger partial charge in [-0.3, -0.25) is 9.59 Å². The van der Waals surface area contributed by atoms with Gasteiger partial charge >= 0.3 is 0 Å². The summed E-state index contributed by atoms with van der Waals surface area (Å²) in [5.74, 6) is -0.258. The largest absolute Gasteiger partial charge is 0.352 e. The maximum atomic E-state index is 12.1. The second-order valence-corrected chi connectivity index (χ2v) is 4.45. The van der Waals surface area contributed by atoms with E-state index in [4.69, 9.17) is 0 Å². The fourth-order valence-corrected chi connectivity index (χ4v) is 1.87. The lowest BCUT2D eigenvalue weighted by Crippen LogP contribution is -2.63. The van der Waals surface area contributed by atoms with Gasteiger partial charge in [0.05, 0.1) is 0 Å². The van der Waals surface area contributed by atoms with E-state index in [2.05, 4.69) is 15.4 Å². The zero-order chi connectivity index (χ0) is 12.5. The van der Waals surface area contributed by atoms with E-state index >= 15 is 0 Å².